The molecule has 1 aromatic carbocycles. The van der Waals surface area contributed by atoms with Gasteiger partial charge in [0, 0.05) is 5.69 Å². The number of nitrogens with zero attached hydrogens (tertiary/aromatic N) is 1. The molecule has 0 aliphatic heterocycles. The Morgan fingerprint density at radius 2 is 2.24 bits per heavy atom. The molecule has 0 atom stereocenters. The van der Waals surface area contributed by atoms with Crippen molar-refractivity contribution in [3.05, 3.63) is 46.2 Å². The third-order valence-corrected chi connectivity index (χ3v) is 3.24. The SMILES string of the molecule is COc1ccc(F)cc1CCc1[nH]cnc1Br. The minimum atomic E-state index is -0.246. The Hall–Kier alpha value is -1.36. The molecule has 0 fully saturated rings. The Bertz CT molecular complexity index is 513. The Kier molecular flexibility index (Phi) is 3.78. The molecule has 1 N–H and O–H groups in total. The van der Waals surface area contributed by atoms with Crippen LogP contribution in [0.2, 0.25) is 0 Å². The second-order valence-electron chi connectivity index (χ2n) is 3.63. The number of aryl methyl sites for hydroxylation is 2. The van der Waals surface area contributed by atoms with Crippen LogP contribution in [-0.2, 0) is 12.8 Å². The topological polar surface area (TPSA) is 37.9 Å². The number of aromatic nitrogens is 2. The molecule has 0 radical (unpaired) electrons. The molecule has 3 nitrogen and oxygen atoms in total. The lowest BCUT2D eigenvalue weighted by atomic mass is 10.1. The minimum absolute atomic E-state index is 0.246. The number of methoxy groups -OCH3 is 1. The molecule has 1 heterocycles. The van der Waals surface area contributed by atoms with E-state index in [0.29, 0.717) is 12.2 Å². The van der Waals surface area contributed by atoms with Gasteiger partial charge in [-0.3, -0.25) is 0 Å². The molecule has 1 aromatic heterocycles. The summed E-state index contributed by atoms with van der Waals surface area (Å²) in [6.45, 7) is 0. The van der Waals surface area contributed by atoms with Crippen molar-refractivity contribution in [3.8, 4) is 5.75 Å². The van der Waals surface area contributed by atoms with Gasteiger partial charge < -0.3 is 9.72 Å². The highest BCUT2D eigenvalue weighted by Crippen LogP contribution is 2.22. The first-order valence-corrected chi connectivity index (χ1v) is 6.00. The average Bonchev–Trinajstić information content (AvgIpc) is 2.72. The molecule has 2 rings (SSSR count). The number of rotatable bonds is 4. The van der Waals surface area contributed by atoms with Crippen LogP contribution in [0.3, 0.4) is 0 Å². The molecule has 0 unspecified atom stereocenters. The fourth-order valence-electron chi connectivity index (χ4n) is 1.68. The second-order valence-corrected chi connectivity index (χ2v) is 4.38. The first kappa shape index (κ1) is 12.1. The maximum atomic E-state index is 13.1. The maximum Gasteiger partial charge on any atom is 0.127 e. The highest BCUT2D eigenvalue weighted by Gasteiger charge is 2.07. The number of aromatic amines is 1. The van der Waals surface area contributed by atoms with Crippen molar-refractivity contribution in [2.75, 3.05) is 7.11 Å². The number of hydrogen-bond donors (Lipinski definition) is 1. The third-order valence-electron chi connectivity index (χ3n) is 2.55. The van der Waals surface area contributed by atoms with Crippen molar-refractivity contribution in [1.29, 1.82) is 0 Å². The molecule has 2 aromatic rings. The van der Waals surface area contributed by atoms with Gasteiger partial charge in [0.1, 0.15) is 16.2 Å². The van der Waals surface area contributed by atoms with Crippen LogP contribution in [0.15, 0.2) is 29.1 Å². The van der Waals surface area contributed by atoms with Gasteiger partial charge in [0.2, 0.25) is 0 Å². The van der Waals surface area contributed by atoms with E-state index in [1.165, 1.54) is 12.1 Å². The zero-order valence-electron chi connectivity index (χ0n) is 9.34. The van der Waals surface area contributed by atoms with Crippen LogP contribution in [0.5, 0.6) is 5.75 Å². The van der Waals surface area contributed by atoms with Crippen LogP contribution in [-0.4, -0.2) is 17.1 Å². The summed E-state index contributed by atoms with van der Waals surface area (Å²) in [6, 6.07) is 4.55. The van der Waals surface area contributed by atoms with Crippen LogP contribution in [0.4, 0.5) is 4.39 Å². The summed E-state index contributed by atoms with van der Waals surface area (Å²) in [5, 5.41) is 0. The standard InChI is InChI=1S/C12H12BrFN2O/c1-17-11-5-3-9(14)6-8(11)2-4-10-12(13)16-7-15-10/h3,5-7H,2,4H2,1H3,(H,15,16). The van der Waals surface area contributed by atoms with E-state index in [1.807, 2.05) is 0 Å². The number of imidazole rings is 1. The maximum absolute atomic E-state index is 13.1. The fraction of sp³-hybridized carbons (Fsp3) is 0.250. The van der Waals surface area contributed by atoms with E-state index in [2.05, 4.69) is 25.9 Å². The van der Waals surface area contributed by atoms with Crippen molar-refractivity contribution in [1.82, 2.24) is 9.97 Å². The lowest BCUT2D eigenvalue weighted by Gasteiger charge is -2.07. The van der Waals surface area contributed by atoms with E-state index >= 15 is 0 Å². The summed E-state index contributed by atoms with van der Waals surface area (Å²) >= 11 is 3.34. The molecule has 0 bridgehead atoms. The van der Waals surface area contributed by atoms with Crippen LogP contribution in [0.25, 0.3) is 0 Å². The lowest BCUT2D eigenvalue weighted by Crippen LogP contribution is -1.97. The summed E-state index contributed by atoms with van der Waals surface area (Å²) in [5.74, 6) is 0.464. The van der Waals surface area contributed by atoms with Crippen LogP contribution in [0.1, 0.15) is 11.3 Å². The number of halogens is 2. The van der Waals surface area contributed by atoms with E-state index in [0.717, 1.165) is 22.3 Å². The van der Waals surface area contributed by atoms with Gasteiger partial charge in [-0.2, -0.15) is 0 Å². The summed E-state index contributed by atoms with van der Waals surface area (Å²) in [4.78, 5) is 7.08. The molecule has 0 saturated heterocycles. The highest BCUT2D eigenvalue weighted by molar-refractivity contribution is 9.10. The molecule has 0 spiro atoms. The molecule has 5 heteroatoms. The number of nitrogens with one attached hydrogen (secondary N) is 1. The molecular weight excluding hydrogens is 287 g/mol. The number of hydrogen-bond acceptors (Lipinski definition) is 2. The number of benzene rings is 1. The van der Waals surface area contributed by atoms with Crippen molar-refractivity contribution in [2.45, 2.75) is 12.8 Å². The van der Waals surface area contributed by atoms with Crippen molar-refractivity contribution in [3.63, 3.8) is 0 Å². The summed E-state index contributed by atoms with van der Waals surface area (Å²) < 4.78 is 19.1. The highest BCUT2D eigenvalue weighted by atomic mass is 79.9. The quantitative estimate of drug-likeness (QED) is 0.942. The largest absolute Gasteiger partial charge is 0.496 e. The second kappa shape index (κ2) is 5.31. The third kappa shape index (κ3) is 2.85. The average molecular weight is 299 g/mol. The number of H-pyrrole nitrogens is 1. The molecule has 0 aliphatic carbocycles. The predicted octanol–water partition coefficient (Wildman–Crippen LogP) is 3.11. The van der Waals surface area contributed by atoms with E-state index in [-0.39, 0.29) is 5.82 Å². The Balaban J connectivity index is 2.13. The van der Waals surface area contributed by atoms with Crippen LogP contribution in [0, 0.1) is 5.82 Å². The zero-order chi connectivity index (χ0) is 12.3. The van der Waals surface area contributed by atoms with E-state index in [4.69, 9.17) is 4.74 Å². The van der Waals surface area contributed by atoms with Gasteiger partial charge in [-0.25, -0.2) is 9.37 Å². The van der Waals surface area contributed by atoms with Gasteiger partial charge in [-0.05, 0) is 52.5 Å². The fourth-order valence-corrected chi connectivity index (χ4v) is 2.10. The summed E-state index contributed by atoms with van der Waals surface area (Å²) in [6.07, 6.45) is 3.07. The van der Waals surface area contributed by atoms with Crippen LogP contribution < -0.4 is 4.74 Å². The van der Waals surface area contributed by atoms with E-state index < -0.39 is 0 Å². The molecule has 17 heavy (non-hydrogen) atoms. The predicted molar refractivity (Wildman–Crippen MR) is 66.6 cm³/mol. The minimum Gasteiger partial charge on any atom is -0.496 e. The smallest absolute Gasteiger partial charge is 0.127 e. The molecular formula is C12H12BrFN2O. The normalized spacial score (nSPS) is 10.5. The van der Waals surface area contributed by atoms with Crippen molar-refractivity contribution >= 4 is 15.9 Å². The Morgan fingerprint density at radius 1 is 1.41 bits per heavy atom. The monoisotopic (exact) mass is 298 g/mol. The van der Waals surface area contributed by atoms with Gasteiger partial charge >= 0.3 is 0 Å². The lowest BCUT2D eigenvalue weighted by molar-refractivity contribution is 0.408. The first-order valence-electron chi connectivity index (χ1n) is 5.21. The molecule has 0 amide bonds. The van der Waals surface area contributed by atoms with E-state index in [1.54, 1.807) is 19.5 Å². The van der Waals surface area contributed by atoms with Gasteiger partial charge in [0.25, 0.3) is 0 Å². The zero-order valence-corrected chi connectivity index (χ0v) is 10.9. The van der Waals surface area contributed by atoms with Crippen molar-refractivity contribution in [2.24, 2.45) is 0 Å². The van der Waals surface area contributed by atoms with E-state index in [9.17, 15) is 4.39 Å². The Morgan fingerprint density at radius 3 is 2.88 bits per heavy atom. The molecule has 90 valence electrons. The van der Waals surface area contributed by atoms with Crippen LogP contribution >= 0.6 is 15.9 Å². The van der Waals surface area contributed by atoms with Crippen molar-refractivity contribution < 1.29 is 9.13 Å². The molecule has 0 saturated carbocycles. The first-order chi connectivity index (χ1) is 8.20. The summed E-state index contributed by atoms with van der Waals surface area (Å²) in [7, 11) is 1.59. The summed E-state index contributed by atoms with van der Waals surface area (Å²) in [5.41, 5.74) is 1.85. The van der Waals surface area contributed by atoms with Gasteiger partial charge in [0.05, 0.1) is 13.4 Å². The number of ether oxygens (including phenoxy) is 1. The Labute approximate surface area is 107 Å². The van der Waals surface area contributed by atoms with Gasteiger partial charge in [-0.15, -0.1) is 0 Å². The van der Waals surface area contributed by atoms with Gasteiger partial charge in [0.15, 0.2) is 0 Å². The van der Waals surface area contributed by atoms with Gasteiger partial charge in [-0.1, -0.05) is 0 Å². The molecule has 0 aliphatic rings.